The molecular weight excluding hydrogens is 347 g/mol. The van der Waals surface area contributed by atoms with E-state index in [4.69, 9.17) is 23.2 Å². The summed E-state index contributed by atoms with van der Waals surface area (Å²) in [5, 5.41) is 8.20. The highest BCUT2D eigenvalue weighted by atomic mass is 35.5. The summed E-state index contributed by atoms with van der Waals surface area (Å²) in [4.78, 5) is 16.6. The number of benzene rings is 1. The number of nitrogens with zero attached hydrogens (tertiary/aromatic N) is 3. The van der Waals surface area contributed by atoms with Crippen LogP contribution in [0.2, 0.25) is 10.0 Å². The highest BCUT2D eigenvalue weighted by molar-refractivity contribution is 6.30. The van der Waals surface area contributed by atoms with Gasteiger partial charge < -0.3 is 5.32 Å². The van der Waals surface area contributed by atoms with Crippen molar-refractivity contribution in [3.63, 3.8) is 0 Å². The average molecular weight is 361 g/mol. The van der Waals surface area contributed by atoms with Gasteiger partial charge in [0, 0.05) is 11.2 Å². The summed E-state index contributed by atoms with van der Waals surface area (Å²) >= 11 is 11.8. The van der Waals surface area contributed by atoms with Gasteiger partial charge in [0.25, 0.3) is 5.91 Å². The standard InChI is InChI=1S/C17H14Cl2N4O/c1-2-15-14(17(24)22-16-7-6-12(19)9-20-16)10-21-23(15)13-5-3-4-11(18)8-13/h3-10H,2H2,1H3,(H,20,22,24). The zero-order valence-corrected chi connectivity index (χ0v) is 14.3. The van der Waals surface area contributed by atoms with Crippen LogP contribution in [0.3, 0.4) is 0 Å². The molecule has 7 heteroatoms. The quantitative estimate of drug-likeness (QED) is 0.750. The average Bonchev–Trinajstić information content (AvgIpc) is 3.01. The molecule has 0 unspecified atom stereocenters. The summed E-state index contributed by atoms with van der Waals surface area (Å²) < 4.78 is 1.72. The van der Waals surface area contributed by atoms with Crippen molar-refractivity contribution >= 4 is 34.9 Å². The highest BCUT2D eigenvalue weighted by Crippen LogP contribution is 2.20. The smallest absolute Gasteiger partial charge is 0.260 e. The molecule has 0 spiro atoms. The van der Waals surface area contributed by atoms with Crippen molar-refractivity contribution in [2.75, 3.05) is 5.32 Å². The van der Waals surface area contributed by atoms with E-state index in [0.717, 1.165) is 11.4 Å². The minimum atomic E-state index is -0.269. The molecule has 0 saturated carbocycles. The van der Waals surface area contributed by atoms with Gasteiger partial charge in [0.2, 0.25) is 0 Å². The molecule has 2 aromatic heterocycles. The fraction of sp³-hybridized carbons (Fsp3) is 0.118. The number of halogens is 2. The first-order valence-electron chi connectivity index (χ1n) is 7.34. The SMILES string of the molecule is CCc1c(C(=O)Nc2ccc(Cl)cn2)cnn1-c1cccc(Cl)c1. The molecule has 122 valence electrons. The third-order valence-electron chi connectivity index (χ3n) is 3.47. The number of rotatable bonds is 4. The van der Waals surface area contributed by atoms with Gasteiger partial charge in [-0.25, -0.2) is 9.67 Å². The van der Waals surface area contributed by atoms with Crippen molar-refractivity contribution in [1.29, 1.82) is 0 Å². The Hall–Kier alpha value is -2.37. The fourth-order valence-electron chi connectivity index (χ4n) is 2.37. The molecule has 0 radical (unpaired) electrons. The van der Waals surface area contributed by atoms with Crippen LogP contribution < -0.4 is 5.32 Å². The van der Waals surface area contributed by atoms with Gasteiger partial charge in [0.05, 0.1) is 28.2 Å². The van der Waals surface area contributed by atoms with Gasteiger partial charge in [-0.1, -0.05) is 36.2 Å². The largest absolute Gasteiger partial charge is 0.306 e. The van der Waals surface area contributed by atoms with Crippen molar-refractivity contribution in [2.45, 2.75) is 13.3 Å². The molecule has 0 aliphatic carbocycles. The normalized spacial score (nSPS) is 10.6. The Morgan fingerprint density at radius 1 is 1.17 bits per heavy atom. The second-order valence-electron chi connectivity index (χ2n) is 5.07. The summed E-state index contributed by atoms with van der Waals surface area (Å²) in [7, 11) is 0. The van der Waals surface area contributed by atoms with E-state index in [1.807, 2.05) is 19.1 Å². The Morgan fingerprint density at radius 2 is 2.00 bits per heavy atom. The third-order valence-corrected chi connectivity index (χ3v) is 3.93. The molecule has 0 fully saturated rings. The number of carbonyl (C=O) groups is 1. The minimum absolute atomic E-state index is 0.269. The lowest BCUT2D eigenvalue weighted by molar-refractivity contribution is 0.102. The molecule has 3 rings (SSSR count). The maximum atomic E-state index is 12.5. The van der Waals surface area contributed by atoms with Crippen LogP contribution in [0, 0.1) is 0 Å². The van der Waals surface area contributed by atoms with Crippen LogP contribution in [0.25, 0.3) is 5.69 Å². The van der Waals surface area contributed by atoms with Gasteiger partial charge in [-0.2, -0.15) is 5.10 Å². The van der Waals surface area contributed by atoms with Crippen molar-refractivity contribution in [1.82, 2.24) is 14.8 Å². The Labute approximate surface area is 149 Å². The highest BCUT2D eigenvalue weighted by Gasteiger charge is 2.17. The number of pyridine rings is 1. The zero-order chi connectivity index (χ0) is 17.1. The van der Waals surface area contributed by atoms with Crippen molar-refractivity contribution in [3.05, 3.63) is 70.1 Å². The molecular formula is C17H14Cl2N4O. The molecule has 1 aromatic carbocycles. The molecule has 0 saturated heterocycles. The van der Waals surface area contributed by atoms with Crippen LogP contribution in [-0.2, 0) is 6.42 Å². The number of anilines is 1. The van der Waals surface area contributed by atoms with E-state index < -0.39 is 0 Å². The molecule has 1 amide bonds. The van der Waals surface area contributed by atoms with Crippen molar-refractivity contribution < 1.29 is 4.79 Å². The summed E-state index contributed by atoms with van der Waals surface area (Å²) in [6.45, 7) is 1.97. The number of nitrogens with one attached hydrogen (secondary N) is 1. The maximum absolute atomic E-state index is 12.5. The topological polar surface area (TPSA) is 59.8 Å². The fourth-order valence-corrected chi connectivity index (χ4v) is 2.66. The van der Waals surface area contributed by atoms with Crippen LogP contribution in [0.5, 0.6) is 0 Å². The Bertz CT molecular complexity index is 875. The summed E-state index contributed by atoms with van der Waals surface area (Å²) in [6, 6.07) is 10.6. The number of hydrogen-bond acceptors (Lipinski definition) is 3. The van der Waals surface area contributed by atoms with Crippen LogP contribution in [0.15, 0.2) is 48.8 Å². The van der Waals surface area contributed by atoms with E-state index >= 15 is 0 Å². The molecule has 3 aromatic rings. The molecule has 5 nitrogen and oxygen atoms in total. The first-order valence-corrected chi connectivity index (χ1v) is 8.10. The van der Waals surface area contributed by atoms with Gasteiger partial charge in [-0.3, -0.25) is 4.79 Å². The second kappa shape index (κ2) is 7.03. The molecule has 0 bridgehead atoms. The van der Waals surface area contributed by atoms with Gasteiger partial charge in [0.15, 0.2) is 0 Å². The molecule has 0 aliphatic rings. The van der Waals surface area contributed by atoms with E-state index in [2.05, 4.69) is 15.4 Å². The minimum Gasteiger partial charge on any atom is -0.306 e. The number of aromatic nitrogens is 3. The van der Waals surface area contributed by atoms with Gasteiger partial charge in [-0.05, 0) is 36.8 Å². The predicted octanol–water partition coefficient (Wildman–Crippen LogP) is 4.39. The second-order valence-corrected chi connectivity index (χ2v) is 5.94. The van der Waals surface area contributed by atoms with Crippen molar-refractivity contribution in [3.8, 4) is 5.69 Å². The monoisotopic (exact) mass is 360 g/mol. The van der Waals surface area contributed by atoms with E-state index in [1.165, 1.54) is 6.20 Å². The molecule has 2 heterocycles. The maximum Gasteiger partial charge on any atom is 0.260 e. The Morgan fingerprint density at radius 3 is 2.67 bits per heavy atom. The number of carbonyl (C=O) groups excluding carboxylic acids is 1. The van der Waals surface area contributed by atoms with Crippen LogP contribution in [-0.4, -0.2) is 20.7 Å². The predicted molar refractivity (Wildman–Crippen MR) is 95.2 cm³/mol. The molecule has 24 heavy (non-hydrogen) atoms. The summed E-state index contributed by atoms with van der Waals surface area (Å²) in [5.41, 5.74) is 2.10. The van der Waals surface area contributed by atoms with Crippen LogP contribution >= 0.6 is 23.2 Å². The van der Waals surface area contributed by atoms with E-state index in [0.29, 0.717) is 27.8 Å². The lowest BCUT2D eigenvalue weighted by atomic mass is 10.2. The van der Waals surface area contributed by atoms with Gasteiger partial charge >= 0.3 is 0 Å². The first-order chi connectivity index (χ1) is 11.6. The Balaban J connectivity index is 1.91. The molecule has 0 atom stereocenters. The lowest BCUT2D eigenvalue weighted by Crippen LogP contribution is -2.15. The summed E-state index contributed by atoms with van der Waals surface area (Å²) in [5.74, 6) is 0.164. The van der Waals surface area contributed by atoms with E-state index in [9.17, 15) is 4.79 Å². The summed E-state index contributed by atoms with van der Waals surface area (Å²) in [6.07, 6.45) is 3.67. The van der Waals surface area contributed by atoms with Crippen LogP contribution in [0.4, 0.5) is 5.82 Å². The third kappa shape index (κ3) is 3.42. The van der Waals surface area contributed by atoms with Gasteiger partial charge in [0.1, 0.15) is 5.82 Å². The zero-order valence-electron chi connectivity index (χ0n) is 12.8. The van der Waals surface area contributed by atoms with Crippen molar-refractivity contribution in [2.24, 2.45) is 0 Å². The Kier molecular flexibility index (Phi) is 4.83. The molecule has 0 aliphatic heterocycles. The number of hydrogen-bond donors (Lipinski definition) is 1. The first kappa shape index (κ1) is 16.5. The van der Waals surface area contributed by atoms with E-state index in [-0.39, 0.29) is 5.91 Å². The van der Waals surface area contributed by atoms with Crippen LogP contribution in [0.1, 0.15) is 23.0 Å². The lowest BCUT2D eigenvalue weighted by Gasteiger charge is -2.08. The van der Waals surface area contributed by atoms with E-state index in [1.54, 1.807) is 35.1 Å². The number of amides is 1. The van der Waals surface area contributed by atoms with Gasteiger partial charge in [-0.15, -0.1) is 0 Å². The molecule has 1 N–H and O–H groups in total.